The Morgan fingerprint density at radius 2 is 0.762 bits per heavy atom. The molecule has 0 saturated heterocycles. The van der Waals surface area contributed by atoms with Crippen molar-refractivity contribution in [3.63, 3.8) is 0 Å². The Morgan fingerprint density at radius 3 is 1.14 bits per heavy atom. The quantitative estimate of drug-likeness (QED) is 0.0414. The van der Waals surface area contributed by atoms with Crippen LogP contribution in [0.1, 0.15) is 54.1 Å². The van der Waals surface area contributed by atoms with Crippen molar-refractivity contribution < 1.29 is 48.4 Å². The van der Waals surface area contributed by atoms with Gasteiger partial charge in [0, 0.05) is 0 Å². The molecule has 0 atom stereocenters. The molecule has 0 aromatic heterocycles. The molecule has 6 nitrogen and oxygen atoms in total. The molecule has 0 amide bonds. The van der Waals surface area contributed by atoms with Gasteiger partial charge in [0.1, 0.15) is 0 Å². The molecule has 9 aromatic carbocycles. The Bertz CT molecular complexity index is 2970. The molecule has 63 heavy (non-hydrogen) atoms. The summed E-state index contributed by atoms with van der Waals surface area (Å²) in [6.07, 6.45) is 0. The molecule has 8 heteroatoms. The van der Waals surface area contributed by atoms with Gasteiger partial charge in [0.15, 0.2) is 0 Å². The van der Waals surface area contributed by atoms with Crippen LogP contribution in [0.5, 0.6) is 0 Å². The van der Waals surface area contributed by atoms with Crippen molar-refractivity contribution in [2.45, 2.75) is 44.5 Å². The van der Waals surface area contributed by atoms with E-state index in [1.54, 1.807) is 27.1 Å². The first-order valence-electron chi connectivity index (χ1n) is 20.8. The summed E-state index contributed by atoms with van der Waals surface area (Å²) in [5, 5.41) is 8.31. The van der Waals surface area contributed by atoms with Crippen LogP contribution in [0.3, 0.4) is 0 Å². The fourth-order valence-corrected chi connectivity index (χ4v) is 11.4. The van der Waals surface area contributed by atoms with Crippen LogP contribution in [0, 0.1) is 0 Å². The average molecular weight is 960 g/mol. The van der Waals surface area contributed by atoms with Crippen LogP contribution in [0.15, 0.2) is 181 Å². The summed E-state index contributed by atoms with van der Waals surface area (Å²) < 4.78 is 24.7. The SMILES string of the molecule is C[I-]Sc1cc(C(=O)OCc2c3ccccc3c(COCc3ccccc3)c3ccccc23)ccc1C(=O)OCc1c2ccccc2c(COCc2ccccc2)c2ccccc12. The molecule has 0 aliphatic heterocycles. The van der Waals surface area contributed by atoms with Gasteiger partial charge in [0.2, 0.25) is 0 Å². The first-order chi connectivity index (χ1) is 31.1. The number of rotatable bonds is 16. The Balaban J connectivity index is 0.931. The molecule has 0 aliphatic carbocycles. The van der Waals surface area contributed by atoms with Crippen LogP contribution in [-0.2, 0) is 58.6 Å². The number of hydrogen-bond acceptors (Lipinski definition) is 7. The zero-order chi connectivity index (χ0) is 43.0. The van der Waals surface area contributed by atoms with E-state index in [0.29, 0.717) is 42.4 Å². The van der Waals surface area contributed by atoms with E-state index >= 15 is 0 Å². The zero-order valence-corrected chi connectivity index (χ0v) is 37.7. The van der Waals surface area contributed by atoms with E-state index in [0.717, 1.165) is 76.5 Å². The van der Waals surface area contributed by atoms with E-state index in [-0.39, 0.29) is 33.0 Å². The molecule has 0 unspecified atom stereocenters. The predicted octanol–water partition coefficient (Wildman–Crippen LogP) is 10.2. The average Bonchev–Trinajstić information content (AvgIpc) is 3.33. The molecule has 0 radical (unpaired) electrons. The van der Waals surface area contributed by atoms with Crippen LogP contribution >= 0.6 is 8.93 Å². The van der Waals surface area contributed by atoms with E-state index in [4.69, 9.17) is 18.9 Å². The minimum absolute atomic E-state index is 0.0812. The van der Waals surface area contributed by atoms with E-state index in [2.05, 4.69) is 77.7 Å². The number of halogens is 1. The molecule has 0 N–H and O–H groups in total. The maximum absolute atomic E-state index is 14.0. The van der Waals surface area contributed by atoms with Crippen LogP contribution in [0.2, 0.25) is 0 Å². The number of carbonyl (C=O) groups is 2. The first-order valence-corrected chi connectivity index (χ1v) is 26.3. The first kappa shape index (κ1) is 42.3. The second-order valence-electron chi connectivity index (χ2n) is 15.1. The van der Waals surface area contributed by atoms with Crippen molar-refractivity contribution >= 4 is 64.0 Å². The van der Waals surface area contributed by atoms with Crippen LogP contribution < -0.4 is 19.8 Å². The number of alkyl halides is 1. The molecule has 0 fully saturated rings. The van der Waals surface area contributed by atoms with Crippen molar-refractivity contribution in [1.29, 1.82) is 0 Å². The number of hydrogen-bond donors (Lipinski definition) is 0. The van der Waals surface area contributed by atoms with Crippen molar-refractivity contribution in [2.24, 2.45) is 0 Å². The third-order valence-corrected chi connectivity index (χ3v) is 14.7. The Hall–Kier alpha value is -6.04. The summed E-state index contributed by atoms with van der Waals surface area (Å²) >= 11 is -0.346. The Kier molecular flexibility index (Phi) is 13.4. The fraction of sp³-hybridized carbons (Fsp3) is 0.127. The molecule has 9 rings (SSSR count). The van der Waals surface area contributed by atoms with Crippen molar-refractivity contribution in [1.82, 2.24) is 0 Å². The number of esters is 2. The van der Waals surface area contributed by atoms with Crippen molar-refractivity contribution in [2.75, 3.05) is 4.93 Å². The van der Waals surface area contributed by atoms with Crippen LogP contribution in [-0.4, -0.2) is 16.9 Å². The van der Waals surface area contributed by atoms with Gasteiger partial charge in [-0.25, -0.2) is 0 Å². The Morgan fingerprint density at radius 1 is 0.413 bits per heavy atom. The van der Waals surface area contributed by atoms with Gasteiger partial charge in [-0.3, -0.25) is 0 Å². The second kappa shape index (κ2) is 20.0. The summed E-state index contributed by atoms with van der Waals surface area (Å²) in [6.45, 7) is 2.06. The van der Waals surface area contributed by atoms with Gasteiger partial charge < -0.3 is 4.74 Å². The normalized spacial score (nSPS) is 11.4. The molecular weight excluding hydrogens is 916 g/mol. The van der Waals surface area contributed by atoms with Gasteiger partial charge in [-0.05, 0) is 11.1 Å². The third-order valence-electron chi connectivity index (χ3n) is 11.3. The summed E-state index contributed by atoms with van der Waals surface area (Å²) in [4.78, 5) is 30.6. The molecule has 0 spiro atoms. The topological polar surface area (TPSA) is 71.1 Å². The monoisotopic (exact) mass is 959 g/mol. The summed E-state index contributed by atoms with van der Waals surface area (Å²) in [5.41, 5.74) is 7.12. The van der Waals surface area contributed by atoms with E-state index in [1.807, 2.05) is 84.9 Å². The molecule has 9 aromatic rings. The summed E-state index contributed by atoms with van der Waals surface area (Å²) in [5.74, 6) is -0.899. The van der Waals surface area contributed by atoms with Gasteiger partial charge in [0.25, 0.3) is 0 Å². The minimum atomic E-state index is -0.458. The van der Waals surface area contributed by atoms with Crippen molar-refractivity contribution in [3.8, 4) is 0 Å². The number of carbonyl (C=O) groups excluding carboxylic acids is 2. The maximum atomic E-state index is 14.0. The van der Waals surface area contributed by atoms with Gasteiger partial charge in [-0.2, -0.15) is 0 Å². The summed E-state index contributed by atoms with van der Waals surface area (Å²) in [7, 11) is 1.60. The number of fused-ring (bicyclic) bond motifs is 4. The molecule has 0 aliphatic rings. The third kappa shape index (κ3) is 9.36. The molecular formula is C55H44IO6S-. The van der Waals surface area contributed by atoms with E-state index in [9.17, 15) is 9.59 Å². The standard InChI is InChI=1S/C55H44IO6S/c1-56-63-53-30-39(54(57)61-35-51-44-24-12-8-20-40(44)49(41-21-9-13-25-45(41)51)33-59-31-37-16-4-2-5-17-37)28-29-48(53)55(58)62-36-52-46-26-14-10-22-42(46)50(43-23-11-15-27-47(43)52)34-60-32-38-18-6-3-7-19-38/h2-30H,31-36H2,1H3/q-1. The van der Waals surface area contributed by atoms with Crippen LogP contribution in [0.4, 0.5) is 0 Å². The van der Waals surface area contributed by atoms with Gasteiger partial charge in [-0.1, -0.05) is 60.7 Å². The van der Waals surface area contributed by atoms with Gasteiger partial charge >= 0.3 is 292 Å². The van der Waals surface area contributed by atoms with E-state index < -0.39 is 11.9 Å². The second-order valence-corrected chi connectivity index (χ2v) is 20.0. The Labute approximate surface area is 379 Å². The zero-order valence-electron chi connectivity index (χ0n) is 34.7. The van der Waals surface area contributed by atoms with Crippen molar-refractivity contribution in [3.05, 3.63) is 220 Å². The molecule has 314 valence electrons. The molecule has 0 bridgehead atoms. The fourth-order valence-electron chi connectivity index (χ4n) is 8.33. The van der Waals surface area contributed by atoms with Crippen LogP contribution in [0.25, 0.3) is 43.1 Å². The molecule has 0 saturated carbocycles. The van der Waals surface area contributed by atoms with E-state index in [1.165, 1.54) is 0 Å². The van der Waals surface area contributed by atoms with Gasteiger partial charge in [0.05, 0.1) is 13.2 Å². The predicted molar refractivity (Wildman–Crippen MR) is 249 cm³/mol. The number of ether oxygens (including phenoxy) is 4. The molecule has 0 heterocycles. The number of benzene rings is 9. The summed E-state index contributed by atoms with van der Waals surface area (Å²) in [6, 6.07) is 58.3. The van der Waals surface area contributed by atoms with Gasteiger partial charge in [-0.15, -0.1) is 0 Å².